The molecule has 0 aliphatic heterocycles. The Bertz CT molecular complexity index is 584. The van der Waals surface area contributed by atoms with E-state index in [4.69, 9.17) is 4.74 Å². The number of rotatable bonds is 6. The third-order valence-electron chi connectivity index (χ3n) is 3.23. The van der Waals surface area contributed by atoms with Crippen molar-refractivity contribution in [3.05, 3.63) is 41.4 Å². The molecule has 1 atom stereocenters. The first kappa shape index (κ1) is 16.3. The molecule has 2 amide bonds. The van der Waals surface area contributed by atoms with E-state index in [2.05, 4.69) is 20.5 Å². The minimum Gasteiger partial charge on any atom is -0.497 e. The van der Waals surface area contributed by atoms with E-state index in [0.29, 0.717) is 11.7 Å². The molecule has 2 aromatic rings. The van der Waals surface area contributed by atoms with Crippen LogP contribution in [-0.4, -0.2) is 43.7 Å². The van der Waals surface area contributed by atoms with E-state index >= 15 is 0 Å². The number of anilines is 1. The van der Waals surface area contributed by atoms with Crippen molar-refractivity contribution in [3.63, 3.8) is 0 Å². The minimum absolute atomic E-state index is 0.0768. The number of thiazole rings is 1. The van der Waals surface area contributed by atoms with Crippen LogP contribution in [0.2, 0.25) is 0 Å². The number of benzene rings is 1. The second-order valence-corrected chi connectivity index (χ2v) is 5.82. The number of nitrogens with zero attached hydrogens (tertiary/aromatic N) is 2. The Kier molecular flexibility index (Phi) is 5.74. The number of amides is 2. The van der Waals surface area contributed by atoms with Gasteiger partial charge in [-0.15, -0.1) is 11.3 Å². The van der Waals surface area contributed by atoms with Gasteiger partial charge in [0, 0.05) is 18.1 Å². The van der Waals surface area contributed by atoms with Crippen LogP contribution >= 0.6 is 11.3 Å². The number of carbonyl (C=O) groups excluding carboxylic acids is 1. The molecule has 6 nitrogen and oxygen atoms in total. The van der Waals surface area contributed by atoms with Crippen molar-refractivity contribution < 1.29 is 9.53 Å². The highest BCUT2D eigenvalue weighted by atomic mass is 32.1. The number of carbonyl (C=O) groups is 1. The van der Waals surface area contributed by atoms with Crippen LogP contribution in [0.25, 0.3) is 0 Å². The quantitative estimate of drug-likeness (QED) is 0.858. The lowest BCUT2D eigenvalue weighted by atomic mass is 10.1. The van der Waals surface area contributed by atoms with E-state index in [1.54, 1.807) is 13.3 Å². The van der Waals surface area contributed by atoms with Crippen molar-refractivity contribution in [2.24, 2.45) is 0 Å². The maximum atomic E-state index is 11.9. The van der Waals surface area contributed by atoms with Gasteiger partial charge in [-0.2, -0.15) is 0 Å². The van der Waals surface area contributed by atoms with Gasteiger partial charge in [-0.3, -0.25) is 5.32 Å². The molecule has 0 saturated heterocycles. The van der Waals surface area contributed by atoms with Crippen molar-refractivity contribution >= 4 is 22.5 Å². The first-order valence-electron chi connectivity index (χ1n) is 6.85. The summed E-state index contributed by atoms with van der Waals surface area (Å²) in [5.41, 5.74) is 1.11. The molecule has 1 heterocycles. The lowest BCUT2D eigenvalue weighted by molar-refractivity contribution is 0.243. The molecule has 7 heteroatoms. The molecule has 2 N–H and O–H groups in total. The van der Waals surface area contributed by atoms with E-state index in [9.17, 15) is 4.79 Å². The molecule has 118 valence electrons. The molecule has 0 spiro atoms. The molecular formula is C15H20N4O2S. The molecule has 0 fully saturated rings. The molecule has 2 rings (SSSR count). The fourth-order valence-corrected chi connectivity index (χ4v) is 2.56. The van der Waals surface area contributed by atoms with Crippen molar-refractivity contribution in [3.8, 4) is 5.75 Å². The zero-order valence-electron chi connectivity index (χ0n) is 12.9. The van der Waals surface area contributed by atoms with Gasteiger partial charge in [0.25, 0.3) is 0 Å². The number of nitrogens with one attached hydrogen (secondary N) is 2. The summed E-state index contributed by atoms with van der Waals surface area (Å²) < 4.78 is 5.17. The van der Waals surface area contributed by atoms with Gasteiger partial charge < -0.3 is 15.0 Å². The second kappa shape index (κ2) is 7.77. The van der Waals surface area contributed by atoms with Crippen LogP contribution < -0.4 is 15.4 Å². The lowest BCUT2D eigenvalue weighted by Gasteiger charge is -2.25. The van der Waals surface area contributed by atoms with Crippen LogP contribution in [0.3, 0.4) is 0 Å². The molecule has 1 aromatic carbocycles. The minimum atomic E-state index is -0.254. The highest BCUT2D eigenvalue weighted by Crippen LogP contribution is 2.20. The van der Waals surface area contributed by atoms with Gasteiger partial charge in [-0.1, -0.05) is 12.1 Å². The number of methoxy groups -OCH3 is 1. The molecule has 0 aliphatic rings. The van der Waals surface area contributed by atoms with Crippen LogP contribution in [0.5, 0.6) is 5.75 Å². The van der Waals surface area contributed by atoms with Crippen LogP contribution in [0.4, 0.5) is 9.93 Å². The summed E-state index contributed by atoms with van der Waals surface area (Å²) in [6.07, 6.45) is 1.65. The number of urea groups is 1. The molecular weight excluding hydrogens is 300 g/mol. The summed E-state index contributed by atoms with van der Waals surface area (Å²) in [5, 5.41) is 7.98. The van der Waals surface area contributed by atoms with Crippen LogP contribution in [-0.2, 0) is 0 Å². The second-order valence-electron chi connectivity index (χ2n) is 4.92. The van der Waals surface area contributed by atoms with E-state index in [-0.39, 0.29) is 12.1 Å². The van der Waals surface area contributed by atoms with Gasteiger partial charge in [0.05, 0.1) is 13.2 Å². The number of likely N-dealkylation sites (N-methyl/N-ethyl adjacent to an activating group) is 1. The average molecular weight is 320 g/mol. The predicted molar refractivity (Wildman–Crippen MR) is 88.6 cm³/mol. The smallest absolute Gasteiger partial charge is 0.321 e. The van der Waals surface area contributed by atoms with Crippen LogP contribution in [0.1, 0.15) is 11.6 Å². The fourth-order valence-electron chi connectivity index (χ4n) is 2.04. The molecule has 0 bridgehead atoms. The normalized spacial score (nSPS) is 12.0. The van der Waals surface area contributed by atoms with Crippen molar-refractivity contribution in [2.75, 3.05) is 33.1 Å². The van der Waals surface area contributed by atoms with E-state index in [0.717, 1.165) is 11.3 Å². The van der Waals surface area contributed by atoms with Crippen LogP contribution in [0.15, 0.2) is 35.8 Å². The number of hydrogen-bond donors (Lipinski definition) is 2. The van der Waals surface area contributed by atoms with Gasteiger partial charge in [0.2, 0.25) is 0 Å². The van der Waals surface area contributed by atoms with E-state index in [1.807, 2.05) is 43.7 Å². The SMILES string of the molecule is COc1ccc(C(CNC(=O)Nc2nccs2)N(C)C)cc1. The lowest BCUT2D eigenvalue weighted by Crippen LogP contribution is -2.36. The van der Waals surface area contributed by atoms with Gasteiger partial charge >= 0.3 is 6.03 Å². The summed E-state index contributed by atoms with van der Waals surface area (Å²) in [6, 6.07) is 7.67. The summed E-state index contributed by atoms with van der Waals surface area (Å²) in [6.45, 7) is 0.497. The van der Waals surface area contributed by atoms with E-state index < -0.39 is 0 Å². The maximum absolute atomic E-state index is 11.9. The monoisotopic (exact) mass is 320 g/mol. The molecule has 1 unspecified atom stereocenters. The Labute approximate surface area is 134 Å². The van der Waals surface area contributed by atoms with E-state index in [1.165, 1.54) is 11.3 Å². The molecule has 1 aromatic heterocycles. The van der Waals surface area contributed by atoms with Gasteiger partial charge in [0.15, 0.2) is 5.13 Å². The summed E-state index contributed by atoms with van der Waals surface area (Å²) in [5.74, 6) is 0.815. The topological polar surface area (TPSA) is 66.5 Å². The number of aromatic nitrogens is 1. The summed E-state index contributed by atoms with van der Waals surface area (Å²) in [7, 11) is 5.60. The third kappa shape index (κ3) is 4.44. The largest absolute Gasteiger partial charge is 0.497 e. The number of ether oxygens (including phenoxy) is 1. The summed E-state index contributed by atoms with van der Waals surface area (Å²) >= 11 is 1.38. The Balaban J connectivity index is 1.95. The molecule has 22 heavy (non-hydrogen) atoms. The highest BCUT2D eigenvalue weighted by molar-refractivity contribution is 7.13. The zero-order chi connectivity index (χ0) is 15.9. The Hall–Kier alpha value is -2.12. The van der Waals surface area contributed by atoms with Gasteiger partial charge in [-0.05, 0) is 31.8 Å². The Morgan fingerprint density at radius 3 is 2.64 bits per heavy atom. The first-order chi connectivity index (χ1) is 10.6. The maximum Gasteiger partial charge on any atom is 0.321 e. The fraction of sp³-hybridized carbons (Fsp3) is 0.333. The van der Waals surface area contributed by atoms with Crippen molar-refractivity contribution in [1.29, 1.82) is 0 Å². The Morgan fingerprint density at radius 1 is 1.36 bits per heavy atom. The predicted octanol–water partition coefficient (Wildman–Crippen LogP) is 2.58. The number of hydrogen-bond acceptors (Lipinski definition) is 5. The first-order valence-corrected chi connectivity index (χ1v) is 7.73. The summed E-state index contributed by atoms with van der Waals surface area (Å²) in [4.78, 5) is 18.0. The molecule has 0 radical (unpaired) electrons. The van der Waals surface area contributed by atoms with Gasteiger partial charge in [-0.25, -0.2) is 9.78 Å². The van der Waals surface area contributed by atoms with Crippen molar-refractivity contribution in [2.45, 2.75) is 6.04 Å². The average Bonchev–Trinajstić information content (AvgIpc) is 3.00. The molecule has 0 aliphatic carbocycles. The Morgan fingerprint density at radius 2 is 2.09 bits per heavy atom. The highest BCUT2D eigenvalue weighted by Gasteiger charge is 2.15. The standard InChI is InChI=1S/C15H20N4O2S/c1-19(2)13(11-4-6-12(21-3)7-5-11)10-17-14(20)18-15-16-8-9-22-15/h4-9,13H,10H2,1-3H3,(H2,16,17,18,20). The third-order valence-corrected chi connectivity index (χ3v) is 3.92. The molecule has 0 saturated carbocycles. The zero-order valence-corrected chi connectivity index (χ0v) is 13.7. The van der Waals surface area contributed by atoms with Crippen LogP contribution in [0, 0.1) is 0 Å². The van der Waals surface area contributed by atoms with Crippen molar-refractivity contribution in [1.82, 2.24) is 15.2 Å². The van der Waals surface area contributed by atoms with Gasteiger partial charge in [0.1, 0.15) is 5.75 Å².